The van der Waals surface area contributed by atoms with E-state index in [4.69, 9.17) is 0 Å². The lowest BCUT2D eigenvalue weighted by molar-refractivity contribution is 1.91. The maximum Gasteiger partial charge on any atom is 0.0274 e. The molecule has 0 aliphatic rings. The van der Waals surface area contributed by atoms with Gasteiger partial charge >= 0.3 is 0 Å². The minimum Gasteiger partial charge on any atom is -0.106 e. The minimum atomic E-state index is -0.139. The molecule has 0 aliphatic carbocycles. The normalized spacial score (nSPS) is 7.60. The third kappa shape index (κ3) is 13900. The van der Waals surface area contributed by atoms with Crippen LogP contribution >= 0.6 is 0 Å². The Morgan fingerprint density at radius 3 is 0.600 bits per heavy atom. The molecule has 2 heteroatoms. The van der Waals surface area contributed by atoms with Crippen molar-refractivity contribution < 1.29 is 0 Å². The zero-order valence-electron chi connectivity index (χ0n) is 8.57. The fraction of sp³-hybridized carbons (Fsp3) is 0.750. The molecule has 0 aromatic rings. The Morgan fingerprint density at radius 1 is 0.600 bits per heavy atom. The first kappa shape index (κ1) is 16.6. The van der Waals surface area contributed by atoms with Gasteiger partial charge in [0.25, 0.3) is 0 Å². The van der Waals surface area contributed by atoms with Gasteiger partial charge in [0.05, 0.1) is 0 Å². The van der Waals surface area contributed by atoms with Crippen LogP contribution in [0.5, 0.6) is 0 Å². The van der Waals surface area contributed by atoms with Crippen molar-refractivity contribution in [2.24, 2.45) is 0 Å². The molecule has 0 aromatic carbocycles. The van der Waals surface area contributed by atoms with E-state index in [1.54, 1.807) is 0 Å². The second kappa shape index (κ2) is 16.1. The summed E-state index contributed by atoms with van der Waals surface area (Å²) in [6.07, 6.45) is 0. The van der Waals surface area contributed by atoms with Gasteiger partial charge in [0, 0.05) is 17.6 Å². The fourth-order valence-corrected chi connectivity index (χ4v) is 0. The largest absolute Gasteiger partial charge is 0.106 e. The van der Waals surface area contributed by atoms with Gasteiger partial charge in [0.1, 0.15) is 0 Å². The summed E-state index contributed by atoms with van der Waals surface area (Å²) in [5.41, 5.74) is 0. The Kier molecular flexibility index (Phi) is 26.8. The molecule has 0 bridgehead atoms. The highest BCUT2D eigenvalue weighted by molar-refractivity contribution is 6.54. The summed E-state index contributed by atoms with van der Waals surface area (Å²) < 4.78 is 0. The smallest absolute Gasteiger partial charge is 0.0274 e. The topological polar surface area (TPSA) is 0 Å². The molecular weight excluding hydrogens is 152 g/mol. The van der Waals surface area contributed by atoms with E-state index >= 15 is 0 Å². The lowest BCUT2D eigenvalue weighted by atomic mass is 11.3. The molecule has 0 aliphatic heterocycles. The lowest BCUT2D eigenvalue weighted by Crippen LogP contribution is -1.84. The molecule has 0 amide bonds. The Labute approximate surface area is 70.6 Å². The molecule has 0 nitrogen and oxygen atoms in total. The molecule has 0 atom stereocenters. The molecule has 0 saturated heterocycles. The molecule has 0 radical (unpaired) electrons. The van der Waals surface area contributed by atoms with E-state index < -0.39 is 0 Å². The lowest BCUT2D eigenvalue weighted by Gasteiger charge is -1.75. The van der Waals surface area contributed by atoms with Gasteiger partial charge in [-0.05, 0) is 0 Å². The van der Waals surface area contributed by atoms with Crippen molar-refractivity contribution in [3.8, 4) is 0 Å². The summed E-state index contributed by atoms with van der Waals surface area (Å²) in [5.74, 6) is 0. The molecule has 0 unspecified atom stereocenters. The van der Waals surface area contributed by atoms with Crippen molar-refractivity contribution >= 4 is 17.6 Å². The SMILES string of the molecule is C=C.C[SiH](C)C.C[SiH](C)C. The van der Waals surface area contributed by atoms with Crippen molar-refractivity contribution in [3.05, 3.63) is 13.2 Å². The van der Waals surface area contributed by atoms with Crippen LogP contribution in [0, 0.1) is 0 Å². The molecule has 10 heavy (non-hydrogen) atoms. The third-order valence-corrected chi connectivity index (χ3v) is 0. The van der Waals surface area contributed by atoms with Gasteiger partial charge in [0.2, 0.25) is 0 Å². The summed E-state index contributed by atoms with van der Waals surface area (Å²) in [6.45, 7) is 19.8. The van der Waals surface area contributed by atoms with Crippen LogP contribution in [0.4, 0.5) is 0 Å². The summed E-state index contributed by atoms with van der Waals surface area (Å²) in [7, 11) is -0.278. The van der Waals surface area contributed by atoms with E-state index in [1.807, 2.05) is 0 Å². The molecule has 0 aromatic heterocycles. The summed E-state index contributed by atoms with van der Waals surface area (Å²) in [5, 5.41) is 0. The van der Waals surface area contributed by atoms with Gasteiger partial charge in [-0.3, -0.25) is 0 Å². The number of rotatable bonds is 0. The average molecular weight is 176 g/mol. The van der Waals surface area contributed by atoms with Crippen LogP contribution in [-0.2, 0) is 0 Å². The molecule has 0 N–H and O–H groups in total. The standard InChI is InChI=1S/2C3H10Si.C2H4/c2*1-4(2)3;1-2/h2*4H,1-3H3;1-2H2. The van der Waals surface area contributed by atoms with Crippen molar-refractivity contribution in [2.45, 2.75) is 39.3 Å². The predicted molar refractivity (Wildman–Crippen MR) is 60.7 cm³/mol. The first-order valence-corrected chi connectivity index (χ1v) is 10.9. The first-order chi connectivity index (χ1) is 4.46. The fourth-order valence-electron chi connectivity index (χ4n) is 0. The maximum absolute atomic E-state index is 3.00. The molecule has 0 heterocycles. The summed E-state index contributed by atoms with van der Waals surface area (Å²) >= 11 is 0. The number of hydrogen-bond donors (Lipinski definition) is 0. The van der Waals surface area contributed by atoms with E-state index in [1.165, 1.54) is 0 Å². The highest BCUT2D eigenvalue weighted by Crippen LogP contribution is 1.68. The van der Waals surface area contributed by atoms with Crippen LogP contribution in [0.1, 0.15) is 0 Å². The van der Waals surface area contributed by atoms with Crippen molar-refractivity contribution in [1.82, 2.24) is 0 Å². The van der Waals surface area contributed by atoms with Crippen LogP contribution in [0.3, 0.4) is 0 Å². The second-order valence-corrected chi connectivity index (χ2v) is 10.4. The van der Waals surface area contributed by atoms with Crippen molar-refractivity contribution in [2.75, 3.05) is 0 Å². The van der Waals surface area contributed by atoms with Crippen LogP contribution in [0.15, 0.2) is 13.2 Å². The Morgan fingerprint density at radius 2 is 0.600 bits per heavy atom. The van der Waals surface area contributed by atoms with Crippen molar-refractivity contribution in [3.63, 3.8) is 0 Å². The quantitative estimate of drug-likeness (QED) is 0.393. The van der Waals surface area contributed by atoms with E-state index in [0.717, 1.165) is 0 Å². The first-order valence-electron chi connectivity index (χ1n) is 3.96. The van der Waals surface area contributed by atoms with E-state index in [9.17, 15) is 0 Å². The molecule has 0 saturated carbocycles. The van der Waals surface area contributed by atoms with Crippen LogP contribution in [0.2, 0.25) is 39.3 Å². The molecule has 64 valence electrons. The Bertz CT molecular complexity index is 31.0. The zero-order chi connectivity index (χ0) is 9.15. The predicted octanol–water partition coefficient (Wildman–Crippen LogP) is 3.01. The summed E-state index contributed by atoms with van der Waals surface area (Å²) in [4.78, 5) is 0. The van der Waals surface area contributed by atoms with E-state index in [0.29, 0.717) is 0 Å². The second-order valence-electron chi connectivity index (χ2n) is 3.46. The zero-order valence-corrected chi connectivity index (χ0v) is 10.9. The minimum absolute atomic E-state index is 0.139. The van der Waals surface area contributed by atoms with Crippen LogP contribution < -0.4 is 0 Å². The number of hydrogen-bond acceptors (Lipinski definition) is 0. The maximum atomic E-state index is 3.00. The van der Waals surface area contributed by atoms with Gasteiger partial charge in [-0.2, -0.15) is 0 Å². The average Bonchev–Trinajstić information content (AvgIpc) is 1.66. The van der Waals surface area contributed by atoms with Crippen LogP contribution in [-0.4, -0.2) is 17.6 Å². The molecule has 0 rings (SSSR count). The Hall–Kier alpha value is 0.174. The highest BCUT2D eigenvalue weighted by Gasteiger charge is 1.71. The molecular formula is C8H24Si2. The van der Waals surface area contributed by atoms with E-state index in [-0.39, 0.29) is 17.6 Å². The van der Waals surface area contributed by atoms with Gasteiger partial charge in [0.15, 0.2) is 0 Å². The summed E-state index contributed by atoms with van der Waals surface area (Å²) in [6, 6.07) is 0. The van der Waals surface area contributed by atoms with Gasteiger partial charge < -0.3 is 0 Å². The monoisotopic (exact) mass is 176 g/mol. The van der Waals surface area contributed by atoms with E-state index in [2.05, 4.69) is 52.4 Å². The molecule has 0 spiro atoms. The highest BCUT2D eigenvalue weighted by atomic mass is 28.3. The van der Waals surface area contributed by atoms with Gasteiger partial charge in [-0.25, -0.2) is 0 Å². The van der Waals surface area contributed by atoms with Gasteiger partial charge in [-0.1, -0.05) is 39.3 Å². The third-order valence-electron chi connectivity index (χ3n) is 0. The Balaban J connectivity index is -0.0000000787. The van der Waals surface area contributed by atoms with Crippen LogP contribution in [0.25, 0.3) is 0 Å². The van der Waals surface area contributed by atoms with Gasteiger partial charge in [-0.15, -0.1) is 13.2 Å². The van der Waals surface area contributed by atoms with Crippen molar-refractivity contribution in [1.29, 1.82) is 0 Å². The molecule has 0 fully saturated rings.